The number of nitrogens with zero attached hydrogens (tertiary/aromatic N) is 1. The Hall–Kier alpha value is -1.58. The highest BCUT2D eigenvalue weighted by molar-refractivity contribution is 6.32. The number of nitrogens with two attached hydrogens (primary N) is 1. The molecule has 0 amide bonds. The highest BCUT2D eigenvalue weighted by Gasteiger charge is 2.06. The minimum absolute atomic E-state index is 0.0284. The maximum absolute atomic E-state index is 6.01. The van der Waals surface area contributed by atoms with Gasteiger partial charge in [-0.2, -0.15) is 0 Å². The van der Waals surface area contributed by atoms with Crippen LogP contribution in [0.2, 0.25) is 5.02 Å². The molecule has 0 saturated heterocycles. The van der Waals surface area contributed by atoms with Crippen LogP contribution in [0.15, 0.2) is 42.6 Å². The van der Waals surface area contributed by atoms with Crippen molar-refractivity contribution in [3.8, 4) is 11.5 Å². The Kier molecular flexibility index (Phi) is 4.18. The van der Waals surface area contributed by atoms with E-state index in [4.69, 9.17) is 22.1 Å². The number of aromatic nitrogens is 1. The van der Waals surface area contributed by atoms with Crippen molar-refractivity contribution in [3.05, 3.63) is 53.3 Å². The van der Waals surface area contributed by atoms with Gasteiger partial charge in [-0.25, -0.2) is 0 Å². The molecule has 0 radical (unpaired) electrons. The molecule has 94 valence electrons. The Morgan fingerprint density at radius 2 is 2.06 bits per heavy atom. The summed E-state index contributed by atoms with van der Waals surface area (Å²) in [5.74, 6) is 1.27. The van der Waals surface area contributed by atoms with Crippen LogP contribution in [0.5, 0.6) is 11.5 Å². The number of hydrogen-bond donors (Lipinski definition) is 1. The summed E-state index contributed by atoms with van der Waals surface area (Å²) >= 11 is 6.01. The van der Waals surface area contributed by atoms with Crippen LogP contribution >= 0.6 is 11.6 Å². The Morgan fingerprint density at radius 1 is 1.28 bits per heavy atom. The lowest BCUT2D eigenvalue weighted by molar-refractivity contribution is 0.479. The third kappa shape index (κ3) is 3.00. The predicted octanol–water partition coefficient (Wildman–Crippen LogP) is 3.94. The second kappa shape index (κ2) is 5.85. The summed E-state index contributed by atoms with van der Waals surface area (Å²) < 4.78 is 5.64. The molecule has 2 N–H and O–H groups in total. The maximum atomic E-state index is 6.01. The van der Waals surface area contributed by atoms with E-state index in [1.54, 1.807) is 12.3 Å². The molecule has 0 unspecified atom stereocenters. The standard InChI is InChI=1S/C14H15ClN2O/c1-2-12(16)13-8-7-10(9-17-13)18-14-6-4-3-5-11(14)15/h3-9,12H,2,16H2,1H3/t12-/m0/s1. The van der Waals surface area contributed by atoms with Crippen molar-refractivity contribution in [1.82, 2.24) is 4.98 Å². The number of pyridine rings is 1. The third-order valence-corrected chi connectivity index (χ3v) is 2.96. The van der Waals surface area contributed by atoms with Crippen LogP contribution in [0.3, 0.4) is 0 Å². The van der Waals surface area contributed by atoms with Crippen molar-refractivity contribution < 1.29 is 4.74 Å². The normalized spacial score (nSPS) is 12.2. The molecule has 0 aliphatic carbocycles. The fourth-order valence-corrected chi connectivity index (χ4v) is 1.71. The van der Waals surface area contributed by atoms with Crippen LogP contribution in [0, 0.1) is 0 Å². The monoisotopic (exact) mass is 262 g/mol. The maximum Gasteiger partial charge on any atom is 0.146 e. The number of para-hydroxylation sites is 1. The van der Waals surface area contributed by atoms with Gasteiger partial charge >= 0.3 is 0 Å². The molecule has 2 aromatic rings. The molecule has 0 spiro atoms. The van der Waals surface area contributed by atoms with Gasteiger partial charge in [0.1, 0.15) is 11.5 Å². The summed E-state index contributed by atoms with van der Waals surface area (Å²) in [6.07, 6.45) is 2.52. The van der Waals surface area contributed by atoms with Crippen LogP contribution < -0.4 is 10.5 Å². The second-order valence-electron chi connectivity index (χ2n) is 3.97. The van der Waals surface area contributed by atoms with Crippen molar-refractivity contribution in [1.29, 1.82) is 0 Å². The lowest BCUT2D eigenvalue weighted by Crippen LogP contribution is -2.10. The van der Waals surface area contributed by atoms with Crippen LogP contribution in [0.4, 0.5) is 0 Å². The van der Waals surface area contributed by atoms with Gasteiger partial charge < -0.3 is 10.5 Å². The van der Waals surface area contributed by atoms with Gasteiger partial charge in [0.15, 0.2) is 0 Å². The van der Waals surface area contributed by atoms with E-state index in [9.17, 15) is 0 Å². The van der Waals surface area contributed by atoms with Crippen molar-refractivity contribution in [2.24, 2.45) is 5.73 Å². The summed E-state index contributed by atoms with van der Waals surface area (Å²) in [6.45, 7) is 2.03. The summed E-state index contributed by atoms with van der Waals surface area (Å²) in [4.78, 5) is 4.28. The zero-order chi connectivity index (χ0) is 13.0. The van der Waals surface area contributed by atoms with Crippen molar-refractivity contribution in [2.45, 2.75) is 19.4 Å². The van der Waals surface area contributed by atoms with Crippen molar-refractivity contribution in [3.63, 3.8) is 0 Å². The summed E-state index contributed by atoms with van der Waals surface area (Å²) in [5, 5.41) is 0.576. The molecule has 18 heavy (non-hydrogen) atoms. The molecule has 0 fully saturated rings. The Labute approximate surface area is 112 Å². The molecule has 2 rings (SSSR count). The molecule has 0 saturated carbocycles. The smallest absolute Gasteiger partial charge is 0.146 e. The molecule has 4 heteroatoms. The number of hydrogen-bond acceptors (Lipinski definition) is 3. The highest BCUT2D eigenvalue weighted by atomic mass is 35.5. The van der Waals surface area contributed by atoms with Gasteiger partial charge in [0.25, 0.3) is 0 Å². The minimum Gasteiger partial charge on any atom is -0.454 e. The van der Waals surface area contributed by atoms with Crippen LogP contribution in [0.25, 0.3) is 0 Å². The number of benzene rings is 1. The first-order valence-electron chi connectivity index (χ1n) is 5.84. The number of rotatable bonds is 4. The van der Waals surface area contributed by atoms with Crippen molar-refractivity contribution in [2.75, 3.05) is 0 Å². The largest absolute Gasteiger partial charge is 0.454 e. The Bertz CT molecular complexity index is 513. The molecule has 1 atom stereocenters. The quantitative estimate of drug-likeness (QED) is 0.908. The van der Waals surface area contributed by atoms with Crippen LogP contribution in [0.1, 0.15) is 25.1 Å². The van der Waals surface area contributed by atoms with E-state index in [0.717, 1.165) is 12.1 Å². The average molecular weight is 263 g/mol. The Balaban J connectivity index is 2.14. The Morgan fingerprint density at radius 3 is 2.67 bits per heavy atom. The van der Waals surface area contributed by atoms with Gasteiger partial charge in [0.2, 0.25) is 0 Å². The zero-order valence-corrected chi connectivity index (χ0v) is 10.9. The van der Waals surface area contributed by atoms with E-state index < -0.39 is 0 Å². The van der Waals surface area contributed by atoms with Crippen LogP contribution in [-0.2, 0) is 0 Å². The first-order chi connectivity index (χ1) is 8.70. The number of ether oxygens (including phenoxy) is 1. The van der Waals surface area contributed by atoms with Gasteiger partial charge in [-0.15, -0.1) is 0 Å². The topological polar surface area (TPSA) is 48.1 Å². The molecule has 1 aromatic heterocycles. The summed E-state index contributed by atoms with van der Waals surface area (Å²) in [7, 11) is 0. The fraction of sp³-hybridized carbons (Fsp3) is 0.214. The van der Waals surface area contributed by atoms with Gasteiger partial charge in [0.05, 0.1) is 16.9 Å². The molecule has 0 aliphatic heterocycles. The highest BCUT2D eigenvalue weighted by Crippen LogP contribution is 2.28. The van der Waals surface area contributed by atoms with Gasteiger partial charge in [-0.05, 0) is 30.7 Å². The van der Waals surface area contributed by atoms with Gasteiger partial charge in [0, 0.05) is 6.04 Å². The third-order valence-electron chi connectivity index (χ3n) is 2.64. The van der Waals surface area contributed by atoms with Crippen molar-refractivity contribution >= 4 is 11.6 Å². The summed E-state index contributed by atoms with van der Waals surface area (Å²) in [5.41, 5.74) is 6.76. The number of halogens is 1. The van der Waals surface area contributed by atoms with Gasteiger partial charge in [-0.1, -0.05) is 30.7 Å². The molecule has 3 nitrogen and oxygen atoms in total. The van der Waals surface area contributed by atoms with E-state index in [1.165, 1.54) is 0 Å². The second-order valence-corrected chi connectivity index (χ2v) is 4.37. The van der Waals surface area contributed by atoms with E-state index in [1.807, 2.05) is 37.3 Å². The fourth-order valence-electron chi connectivity index (χ4n) is 1.54. The minimum atomic E-state index is -0.0284. The predicted molar refractivity (Wildman–Crippen MR) is 73.0 cm³/mol. The lowest BCUT2D eigenvalue weighted by Gasteiger charge is -2.10. The van der Waals surface area contributed by atoms with Gasteiger partial charge in [-0.3, -0.25) is 4.98 Å². The molecule has 1 aromatic carbocycles. The van der Waals surface area contributed by atoms with E-state index in [2.05, 4.69) is 4.98 Å². The lowest BCUT2D eigenvalue weighted by atomic mass is 10.1. The molecule has 0 bridgehead atoms. The zero-order valence-electron chi connectivity index (χ0n) is 10.1. The first kappa shape index (κ1) is 12.9. The van der Waals surface area contributed by atoms with E-state index in [-0.39, 0.29) is 6.04 Å². The van der Waals surface area contributed by atoms with E-state index in [0.29, 0.717) is 16.5 Å². The summed E-state index contributed by atoms with van der Waals surface area (Å²) in [6, 6.07) is 11.0. The molecule has 0 aliphatic rings. The van der Waals surface area contributed by atoms with E-state index >= 15 is 0 Å². The van der Waals surface area contributed by atoms with Crippen LogP contribution in [-0.4, -0.2) is 4.98 Å². The SMILES string of the molecule is CC[C@H](N)c1ccc(Oc2ccccc2Cl)cn1. The average Bonchev–Trinajstić information content (AvgIpc) is 2.41. The molecular weight excluding hydrogens is 248 g/mol. The molecule has 1 heterocycles. The molecular formula is C14H15ClN2O. The first-order valence-corrected chi connectivity index (χ1v) is 6.22.